The summed E-state index contributed by atoms with van der Waals surface area (Å²) >= 11 is 0. The molecule has 0 N–H and O–H groups in total. The Morgan fingerprint density at radius 2 is 1.28 bits per heavy atom. The largest absolute Gasteiger partial charge is 0.350 e. The minimum Gasteiger partial charge on any atom is -0.350 e. The van der Waals surface area contributed by atoms with Crippen molar-refractivity contribution < 1.29 is 0 Å². The summed E-state index contributed by atoms with van der Waals surface area (Å²) in [7, 11) is 0. The first-order valence-corrected chi connectivity index (χ1v) is 11.8. The van der Waals surface area contributed by atoms with Gasteiger partial charge in [-0.2, -0.15) is 0 Å². The molecule has 3 atom stereocenters. The third kappa shape index (κ3) is 3.04. The van der Waals surface area contributed by atoms with Crippen LogP contribution in [0.25, 0.3) is 0 Å². The molecule has 2 aliphatic rings. The zero-order chi connectivity index (χ0) is 22.5. The predicted octanol–water partition coefficient (Wildman–Crippen LogP) is 6.76. The highest BCUT2D eigenvalue weighted by atomic mass is 15.5. The van der Waals surface area contributed by atoms with E-state index < -0.39 is 0 Å². The molecule has 2 nitrogen and oxygen atoms in total. The highest BCUT2D eigenvalue weighted by Gasteiger charge is 2.59. The highest BCUT2D eigenvalue weighted by molar-refractivity contribution is 5.59. The van der Waals surface area contributed by atoms with Gasteiger partial charge in [-0.1, -0.05) is 112 Å². The molecule has 2 heterocycles. The standard InChI is InChI=1S/C30H34N2/c1-22-14-12-13-19-26(22)31-23(2)27-20-21-30(24-15-8-6-9-16-24,25-17-10-7-11-18-25)32(27)28(31)29(3,4)5/h6-21,23,27-28H,1-5H3/t23-,27?,28?/m0/s1. The van der Waals surface area contributed by atoms with Crippen LogP contribution < -0.4 is 4.90 Å². The van der Waals surface area contributed by atoms with E-state index in [1.165, 1.54) is 22.4 Å². The van der Waals surface area contributed by atoms with Crippen LogP contribution in [0, 0.1) is 12.3 Å². The van der Waals surface area contributed by atoms with E-state index in [1.807, 2.05) is 0 Å². The van der Waals surface area contributed by atoms with Crippen molar-refractivity contribution in [1.82, 2.24) is 4.90 Å². The van der Waals surface area contributed by atoms with Gasteiger partial charge in [-0.25, -0.2) is 0 Å². The number of rotatable bonds is 3. The zero-order valence-electron chi connectivity index (χ0n) is 19.9. The van der Waals surface area contributed by atoms with Crippen molar-refractivity contribution in [2.75, 3.05) is 4.90 Å². The van der Waals surface area contributed by atoms with Gasteiger partial charge in [0, 0.05) is 11.7 Å². The Kier molecular flexibility index (Phi) is 5.02. The summed E-state index contributed by atoms with van der Waals surface area (Å²) in [6.45, 7) is 11.8. The normalized spacial score (nSPS) is 24.7. The van der Waals surface area contributed by atoms with E-state index in [-0.39, 0.29) is 17.1 Å². The van der Waals surface area contributed by atoms with E-state index >= 15 is 0 Å². The van der Waals surface area contributed by atoms with Gasteiger partial charge in [0.05, 0.1) is 17.7 Å². The summed E-state index contributed by atoms with van der Waals surface area (Å²) in [5.74, 6) is 0. The smallest absolute Gasteiger partial charge is 0.0925 e. The van der Waals surface area contributed by atoms with Gasteiger partial charge >= 0.3 is 0 Å². The highest BCUT2D eigenvalue weighted by Crippen LogP contribution is 2.53. The Morgan fingerprint density at radius 1 is 0.750 bits per heavy atom. The lowest BCUT2D eigenvalue weighted by Gasteiger charge is -2.49. The maximum absolute atomic E-state index is 2.79. The van der Waals surface area contributed by atoms with Crippen LogP contribution in [0.15, 0.2) is 97.1 Å². The third-order valence-electron chi connectivity index (χ3n) is 7.32. The van der Waals surface area contributed by atoms with E-state index in [9.17, 15) is 0 Å². The van der Waals surface area contributed by atoms with Crippen LogP contribution in [0.2, 0.25) is 0 Å². The molecule has 164 valence electrons. The van der Waals surface area contributed by atoms with Gasteiger partial charge in [0.25, 0.3) is 0 Å². The molecule has 2 aliphatic heterocycles. The van der Waals surface area contributed by atoms with Crippen molar-refractivity contribution in [3.63, 3.8) is 0 Å². The Labute approximate surface area is 193 Å². The molecule has 0 radical (unpaired) electrons. The second kappa shape index (κ2) is 7.64. The molecule has 3 aromatic rings. The minimum atomic E-state index is -0.295. The molecule has 32 heavy (non-hydrogen) atoms. The van der Waals surface area contributed by atoms with Gasteiger partial charge in [0.2, 0.25) is 0 Å². The second-order valence-electron chi connectivity index (χ2n) is 10.4. The molecule has 0 amide bonds. The van der Waals surface area contributed by atoms with Crippen molar-refractivity contribution in [3.8, 4) is 0 Å². The molecule has 1 saturated heterocycles. The molecule has 3 aromatic carbocycles. The summed E-state index contributed by atoms with van der Waals surface area (Å²) in [6.07, 6.45) is 5.16. The number of anilines is 1. The molecule has 1 fully saturated rings. The van der Waals surface area contributed by atoms with Crippen molar-refractivity contribution >= 4 is 5.69 Å². The average molecular weight is 423 g/mol. The lowest BCUT2D eigenvalue weighted by atomic mass is 9.79. The van der Waals surface area contributed by atoms with Crippen LogP contribution >= 0.6 is 0 Å². The SMILES string of the molecule is Cc1ccccc1N1C(C(C)(C)C)N2C(C=CC2(c2ccccc2)c2ccccc2)[C@@H]1C. The van der Waals surface area contributed by atoms with Crippen LogP contribution in [0.4, 0.5) is 5.69 Å². The fraction of sp³-hybridized carbons (Fsp3) is 0.333. The molecule has 0 bridgehead atoms. The monoisotopic (exact) mass is 422 g/mol. The minimum absolute atomic E-state index is 0.0477. The molecular weight excluding hydrogens is 388 g/mol. The average Bonchev–Trinajstić information content (AvgIpc) is 3.32. The Hall–Kier alpha value is -2.84. The fourth-order valence-electron chi connectivity index (χ4n) is 6.00. The summed E-state index contributed by atoms with van der Waals surface area (Å²) in [5, 5.41) is 0. The van der Waals surface area contributed by atoms with Crippen LogP contribution in [-0.2, 0) is 5.54 Å². The predicted molar refractivity (Wildman–Crippen MR) is 135 cm³/mol. The van der Waals surface area contributed by atoms with Crippen LogP contribution in [0.3, 0.4) is 0 Å². The molecule has 2 heteroatoms. The summed E-state index contributed by atoms with van der Waals surface area (Å²) in [5.41, 5.74) is 5.10. The molecule has 5 rings (SSSR count). The lowest BCUT2D eigenvalue weighted by molar-refractivity contribution is 0.0672. The van der Waals surface area contributed by atoms with Crippen LogP contribution in [0.1, 0.15) is 44.4 Å². The van der Waals surface area contributed by atoms with E-state index in [2.05, 4.69) is 141 Å². The fourth-order valence-corrected chi connectivity index (χ4v) is 6.00. The number of hydrogen-bond acceptors (Lipinski definition) is 2. The van der Waals surface area contributed by atoms with Crippen molar-refractivity contribution in [2.24, 2.45) is 5.41 Å². The van der Waals surface area contributed by atoms with Gasteiger partial charge < -0.3 is 4.90 Å². The first-order chi connectivity index (χ1) is 15.4. The number of hydrogen-bond donors (Lipinski definition) is 0. The summed E-state index contributed by atoms with van der Waals surface area (Å²) in [4.78, 5) is 5.47. The van der Waals surface area contributed by atoms with Crippen LogP contribution in [0.5, 0.6) is 0 Å². The van der Waals surface area contributed by atoms with Crippen molar-refractivity contribution in [3.05, 3.63) is 114 Å². The molecule has 2 unspecified atom stereocenters. The van der Waals surface area contributed by atoms with Crippen LogP contribution in [-0.4, -0.2) is 23.1 Å². The zero-order valence-corrected chi connectivity index (χ0v) is 19.9. The lowest BCUT2D eigenvalue weighted by Crippen LogP contribution is -2.56. The molecule has 0 aliphatic carbocycles. The molecular formula is C30H34N2. The molecule has 0 aromatic heterocycles. The van der Waals surface area contributed by atoms with E-state index in [4.69, 9.17) is 0 Å². The van der Waals surface area contributed by atoms with Crippen molar-refractivity contribution in [2.45, 2.75) is 58.4 Å². The number of fused-ring (bicyclic) bond motifs is 1. The van der Waals surface area contributed by atoms with E-state index in [0.717, 1.165) is 0 Å². The van der Waals surface area contributed by atoms with Gasteiger partial charge in [0.15, 0.2) is 0 Å². The number of benzene rings is 3. The first kappa shape index (κ1) is 21.0. The van der Waals surface area contributed by atoms with Gasteiger partial charge in [-0.3, -0.25) is 4.90 Å². The Morgan fingerprint density at radius 3 is 1.81 bits per heavy atom. The van der Waals surface area contributed by atoms with E-state index in [1.54, 1.807) is 0 Å². The van der Waals surface area contributed by atoms with Gasteiger partial charge in [0.1, 0.15) is 0 Å². The number of para-hydroxylation sites is 1. The Balaban J connectivity index is 1.76. The molecule has 0 spiro atoms. The summed E-state index contributed by atoms with van der Waals surface area (Å²) < 4.78 is 0. The van der Waals surface area contributed by atoms with Gasteiger partial charge in [-0.15, -0.1) is 0 Å². The molecule has 0 saturated carbocycles. The first-order valence-electron chi connectivity index (χ1n) is 11.8. The topological polar surface area (TPSA) is 6.48 Å². The number of nitrogens with zero attached hydrogens (tertiary/aromatic N) is 2. The number of aryl methyl sites for hydroxylation is 1. The Bertz CT molecular complexity index is 1070. The third-order valence-corrected chi connectivity index (χ3v) is 7.32. The maximum Gasteiger partial charge on any atom is 0.0925 e. The summed E-state index contributed by atoms with van der Waals surface area (Å²) in [6, 6.07) is 31.6. The van der Waals surface area contributed by atoms with Gasteiger partial charge in [-0.05, 0) is 42.0 Å². The van der Waals surface area contributed by atoms with Crippen molar-refractivity contribution in [1.29, 1.82) is 0 Å². The second-order valence-corrected chi connectivity index (χ2v) is 10.4. The quantitative estimate of drug-likeness (QED) is 0.430. The van der Waals surface area contributed by atoms with E-state index in [0.29, 0.717) is 12.1 Å². The maximum atomic E-state index is 2.79.